The Kier molecular flexibility index (Phi) is 5.82. The lowest BCUT2D eigenvalue weighted by molar-refractivity contribution is -0.138. The number of hydrogen-bond acceptors (Lipinski definition) is 4. The Morgan fingerprint density at radius 2 is 1.88 bits per heavy atom. The second-order valence-electron chi connectivity index (χ2n) is 5.95. The number of ether oxygens (including phenoxy) is 1. The monoisotopic (exact) mass is 329 g/mol. The second kappa shape index (κ2) is 7.84. The van der Waals surface area contributed by atoms with Gasteiger partial charge >= 0.3 is 0 Å². The summed E-state index contributed by atoms with van der Waals surface area (Å²) >= 11 is 0. The first kappa shape index (κ1) is 17.8. The molecular weight excluding hydrogens is 306 g/mol. The lowest BCUT2D eigenvalue weighted by atomic mass is 9.96. The minimum Gasteiger partial charge on any atom is -0.504 e. The number of phenolic OH excluding ortho intramolecular Hbond substituents is 1. The Morgan fingerprint density at radius 1 is 1.17 bits per heavy atom. The van der Waals surface area contributed by atoms with Crippen LogP contribution in [0.1, 0.15) is 24.5 Å². The van der Waals surface area contributed by atoms with Gasteiger partial charge in [0.05, 0.1) is 7.11 Å². The van der Waals surface area contributed by atoms with E-state index in [9.17, 15) is 15.0 Å². The third kappa shape index (κ3) is 4.73. The number of benzene rings is 2. The molecule has 2 rings (SSSR count). The topological polar surface area (TPSA) is 78.8 Å². The smallest absolute Gasteiger partial charge is 0.251 e. The predicted molar refractivity (Wildman–Crippen MR) is 91.9 cm³/mol. The number of carbonyl (C=O) groups is 1. The molecule has 0 aliphatic carbocycles. The van der Waals surface area contributed by atoms with Crippen molar-refractivity contribution >= 4 is 5.91 Å². The fraction of sp³-hybridized carbons (Fsp3) is 0.316. The van der Waals surface area contributed by atoms with Gasteiger partial charge in [-0.25, -0.2) is 0 Å². The van der Waals surface area contributed by atoms with Crippen LogP contribution in [0.4, 0.5) is 0 Å². The first-order valence-electron chi connectivity index (χ1n) is 7.83. The summed E-state index contributed by atoms with van der Waals surface area (Å²) in [4.78, 5) is 12.2. The molecule has 0 unspecified atom stereocenters. The molecule has 0 aliphatic heterocycles. The summed E-state index contributed by atoms with van der Waals surface area (Å²) < 4.78 is 5.04. The van der Waals surface area contributed by atoms with E-state index in [1.165, 1.54) is 20.1 Å². The van der Waals surface area contributed by atoms with Crippen LogP contribution in [0.3, 0.4) is 0 Å². The summed E-state index contributed by atoms with van der Waals surface area (Å²) in [5.74, 6) is -0.0366. The van der Waals surface area contributed by atoms with Crippen molar-refractivity contribution < 1.29 is 19.7 Å². The zero-order valence-electron chi connectivity index (χ0n) is 14.0. The van der Waals surface area contributed by atoms with Gasteiger partial charge in [-0.15, -0.1) is 0 Å². The van der Waals surface area contributed by atoms with Gasteiger partial charge in [-0.3, -0.25) is 4.79 Å². The van der Waals surface area contributed by atoms with Crippen molar-refractivity contribution in [1.29, 1.82) is 0 Å². The molecule has 0 saturated carbocycles. The van der Waals surface area contributed by atoms with Crippen molar-refractivity contribution in [3.05, 3.63) is 59.7 Å². The molecule has 128 valence electrons. The van der Waals surface area contributed by atoms with Gasteiger partial charge < -0.3 is 20.3 Å². The largest absolute Gasteiger partial charge is 0.504 e. The number of aliphatic hydroxyl groups is 1. The minimum atomic E-state index is -1.45. The highest BCUT2D eigenvalue weighted by Crippen LogP contribution is 2.26. The lowest BCUT2D eigenvalue weighted by Crippen LogP contribution is -2.44. The van der Waals surface area contributed by atoms with Gasteiger partial charge in [-0.1, -0.05) is 36.4 Å². The van der Waals surface area contributed by atoms with Crippen LogP contribution in [0.2, 0.25) is 0 Å². The Hall–Kier alpha value is -2.53. The molecule has 5 nitrogen and oxygen atoms in total. The van der Waals surface area contributed by atoms with Crippen LogP contribution in [-0.4, -0.2) is 28.8 Å². The average molecular weight is 329 g/mol. The van der Waals surface area contributed by atoms with Gasteiger partial charge in [-0.2, -0.15) is 0 Å². The van der Waals surface area contributed by atoms with Gasteiger partial charge in [0.1, 0.15) is 5.60 Å². The molecule has 24 heavy (non-hydrogen) atoms. The van der Waals surface area contributed by atoms with Crippen LogP contribution in [0, 0.1) is 0 Å². The zero-order chi connectivity index (χ0) is 17.6. The maximum atomic E-state index is 12.2. The molecule has 2 aromatic rings. The van der Waals surface area contributed by atoms with E-state index in [0.717, 1.165) is 11.1 Å². The van der Waals surface area contributed by atoms with E-state index in [1.54, 1.807) is 12.1 Å². The fourth-order valence-corrected chi connectivity index (χ4v) is 2.35. The van der Waals surface area contributed by atoms with E-state index in [1.807, 2.05) is 30.3 Å². The van der Waals surface area contributed by atoms with E-state index in [2.05, 4.69) is 5.32 Å². The number of hydrogen-bond donors (Lipinski definition) is 3. The summed E-state index contributed by atoms with van der Waals surface area (Å²) in [7, 11) is 1.46. The van der Waals surface area contributed by atoms with Gasteiger partial charge in [0, 0.05) is 6.54 Å². The molecule has 0 saturated heterocycles. The maximum Gasteiger partial charge on any atom is 0.251 e. The minimum absolute atomic E-state index is 0.0439. The lowest BCUT2D eigenvalue weighted by Gasteiger charge is -2.22. The van der Waals surface area contributed by atoms with E-state index < -0.39 is 11.5 Å². The van der Waals surface area contributed by atoms with Crippen LogP contribution in [0.25, 0.3) is 0 Å². The SMILES string of the molecule is COc1cc(CNC(=O)[C@](C)(O)CCc2ccccc2)ccc1O. The molecule has 0 radical (unpaired) electrons. The number of phenols is 1. The average Bonchev–Trinajstić information content (AvgIpc) is 2.60. The highest BCUT2D eigenvalue weighted by molar-refractivity contribution is 5.84. The van der Waals surface area contributed by atoms with Crippen molar-refractivity contribution in [2.24, 2.45) is 0 Å². The van der Waals surface area contributed by atoms with Gasteiger partial charge in [0.25, 0.3) is 5.91 Å². The van der Waals surface area contributed by atoms with Gasteiger partial charge in [-0.05, 0) is 43.0 Å². The molecule has 1 atom stereocenters. The number of aryl methyl sites for hydroxylation is 1. The first-order chi connectivity index (χ1) is 11.4. The van der Waals surface area contributed by atoms with Crippen molar-refractivity contribution in [1.82, 2.24) is 5.32 Å². The van der Waals surface area contributed by atoms with E-state index in [-0.39, 0.29) is 12.3 Å². The van der Waals surface area contributed by atoms with Crippen LogP contribution < -0.4 is 10.1 Å². The maximum absolute atomic E-state index is 12.2. The van der Waals surface area contributed by atoms with Crippen molar-refractivity contribution in [2.75, 3.05) is 7.11 Å². The van der Waals surface area contributed by atoms with Crippen LogP contribution in [-0.2, 0) is 17.8 Å². The number of aromatic hydroxyl groups is 1. The summed E-state index contributed by atoms with van der Waals surface area (Å²) in [5, 5.41) is 22.7. The summed E-state index contributed by atoms with van der Waals surface area (Å²) in [6.07, 6.45) is 0.954. The molecule has 3 N–H and O–H groups in total. The Morgan fingerprint density at radius 3 is 2.54 bits per heavy atom. The Balaban J connectivity index is 1.90. The normalized spacial score (nSPS) is 13.1. The highest BCUT2D eigenvalue weighted by Gasteiger charge is 2.29. The second-order valence-corrected chi connectivity index (χ2v) is 5.95. The summed E-state index contributed by atoms with van der Waals surface area (Å²) in [5.41, 5.74) is 0.405. The highest BCUT2D eigenvalue weighted by atomic mass is 16.5. The molecule has 0 fully saturated rings. The number of rotatable bonds is 7. The molecular formula is C19H23NO4. The third-order valence-electron chi connectivity index (χ3n) is 3.93. The molecule has 2 aromatic carbocycles. The van der Waals surface area contributed by atoms with Crippen LogP contribution in [0.5, 0.6) is 11.5 Å². The molecule has 0 aromatic heterocycles. The molecule has 0 heterocycles. The Bertz CT molecular complexity index is 683. The number of nitrogens with one attached hydrogen (secondary N) is 1. The molecule has 0 aliphatic rings. The molecule has 5 heteroatoms. The van der Waals surface area contributed by atoms with E-state index >= 15 is 0 Å². The quantitative estimate of drug-likeness (QED) is 0.729. The van der Waals surface area contributed by atoms with Crippen molar-refractivity contribution in [3.63, 3.8) is 0 Å². The van der Waals surface area contributed by atoms with Crippen molar-refractivity contribution in [2.45, 2.75) is 31.9 Å². The van der Waals surface area contributed by atoms with E-state index in [4.69, 9.17) is 4.74 Å². The number of amides is 1. The van der Waals surface area contributed by atoms with Gasteiger partial charge in [0.2, 0.25) is 0 Å². The molecule has 0 spiro atoms. The van der Waals surface area contributed by atoms with E-state index in [0.29, 0.717) is 18.6 Å². The summed E-state index contributed by atoms with van der Waals surface area (Å²) in [6.45, 7) is 1.76. The Labute approximate surface area is 141 Å². The first-order valence-corrected chi connectivity index (χ1v) is 7.83. The van der Waals surface area contributed by atoms with Crippen molar-refractivity contribution in [3.8, 4) is 11.5 Å². The third-order valence-corrected chi connectivity index (χ3v) is 3.93. The number of methoxy groups -OCH3 is 1. The molecule has 1 amide bonds. The fourth-order valence-electron chi connectivity index (χ4n) is 2.35. The molecule has 0 bridgehead atoms. The van der Waals surface area contributed by atoms with Crippen LogP contribution >= 0.6 is 0 Å². The van der Waals surface area contributed by atoms with Crippen LogP contribution in [0.15, 0.2) is 48.5 Å². The number of carbonyl (C=O) groups excluding carboxylic acids is 1. The standard InChI is InChI=1S/C19H23NO4/c1-19(23,11-10-14-6-4-3-5-7-14)18(22)20-13-15-8-9-16(21)17(12-15)24-2/h3-9,12,21,23H,10-11,13H2,1-2H3,(H,20,22)/t19-/m1/s1. The summed E-state index contributed by atoms with van der Waals surface area (Å²) in [6, 6.07) is 14.6. The van der Waals surface area contributed by atoms with Gasteiger partial charge in [0.15, 0.2) is 11.5 Å². The zero-order valence-corrected chi connectivity index (χ0v) is 14.0. The predicted octanol–water partition coefficient (Wildman–Crippen LogP) is 2.40.